The van der Waals surface area contributed by atoms with Crippen molar-refractivity contribution in [3.8, 4) is 5.75 Å². The zero-order valence-electron chi connectivity index (χ0n) is 10.2. The summed E-state index contributed by atoms with van der Waals surface area (Å²) >= 11 is 0. The third-order valence-corrected chi connectivity index (χ3v) is 2.55. The molecule has 2 nitrogen and oxygen atoms in total. The molecule has 1 N–H and O–H groups in total. The molecule has 0 saturated carbocycles. The third kappa shape index (κ3) is 3.81. The monoisotopic (exact) mass is 225 g/mol. The van der Waals surface area contributed by atoms with E-state index in [0.29, 0.717) is 5.92 Å². The maximum Gasteiger partial charge on any atom is 0.123 e. The highest BCUT2D eigenvalue weighted by Gasteiger charge is 2.09. The summed E-state index contributed by atoms with van der Waals surface area (Å²) in [6, 6.07) is 4.67. The lowest BCUT2D eigenvalue weighted by Gasteiger charge is -2.14. The Bertz CT molecular complexity index is 328. The summed E-state index contributed by atoms with van der Waals surface area (Å²) in [4.78, 5) is 0. The number of benzene rings is 1. The van der Waals surface area contributed by atoms with E-state index in [0.717, 1.165) is 30.8 Å². The van der Waals surface area contributed by atoms with E-state index in [1.807, 2.05) is 0 Å². The van der Waals surface area contributed by atoms with E-state index in [1.165, 1.54) is 6.07 Å². The average Bonchev–Trinajstić information content (AvgIpc) is 2.27. The molecule has 0 spiro atoms. The quantitative estimate of drug-likeness (QED) is 0.803. The van der Waals surface area contributed by atoms with Crippen LogP contribution in [0.1, 0.15) is 19.4 Å². The van der Waals surface area contributed by atoms with Crippen molar-refractivity contribution in [3.05, 3.63) is 29.6 Å². The Labute approximate surface area is 96.8 Å². The predicted octanol–water partition coefficient (Wildman–Crippen LogP) is 2.62. The Morgan fingerprint density at radius 2 is 2.19 bits per heavy atom. The fourth-order valence-corrected chi connectivity index (χ4v) is 1.74. The summed E-state index contributed by atoms with van der Waals surface area (Å²) < 4.78 is 18.3. The van der Waals surface area contributed by atoms with E-state index in [4.69, 9.17) is 4.74 Å². The molecule has 0 radical (unpaired) electrons. The molecular weight excluding hydrogens is 205 g/mol. The molecule has 0 fully saturated rings. The fourth-order valence-electron chi connectivity index (χ4n) is 1.74. The minimum atomic E-state index is -0.202. The van der Waals surface area contributed by atoms with Crippen molar-refractivity contribution in [2.24, 2.45) is 5.92 Å². The highest BCUT2D eigenvalue weighted by molar-refractivity contribution is 5.34. The highest BCUT2D eigenvalue weighted by Crippen LogP contribution is 2.22. The zero-order chi connectivity index (χ0) is 12.0. The number of rotatable bonds is 6. The molecule has 0 aliphatic carbocycles. The molecule has 90 valence electrons. The summed E-state index contributed by atoms with van der Waals surface area (Å²) in [7, 11) is 1.62. The van der Waals surface area contributed by atoms with Crippen LogP contribution in [0.4, 0.5) is 4.39 Å². The van der Waals surface area contributed by atoms with Crippen molar-refractivity contribution >= 4 is 0 Å². The standard InChI is InChI=1S/C13H20FNO/c1-4-15-9-10(2)7-11-8-12(14)5-6-13(11)16-3/h5-6,8,10,15H,4,7,9H2,1-3H3. The smallest absolute Gasteiger partial charge is 0.123 e. The van der Waals surface area contributed by atoms with Crippen LogP contribution in [0, 0.1) is 11.7 Å². The molecule has 0 heterocycles. The van der Waals surface area contributed by atoms with Gasteiger partial charge < -0.3 is 10.1 Å². The molecule has 1 aromatic carbocycles. The van der Waals surface area contributed by atoms with Gasteiger partial charge in [0.25, 0.3) is 0 Å². The van der Waals surface area contributed by atoms with Crippen molar-refractivity contribution < 1.29 is 9.13 Å². The number of hydrogen-bond donors (Lipinski definition) is 1. The fraction of sp³-hybridized carbons (Fsp3) is 0.538. The minimum absolute atomic E-state index is 0.202. The lowest BCUT2D eigenvalue weighted by molar-refractivity contribution is 0.402. The van der Waals surface area contributed by atoms with Crippen LogP contribution in [-0.2, 0) is 6.42 Å². The van der Waals surface area contributed by atoms with E-state index in [-0.39, 0.29) is 5.82 Å². The van der Waals surface area contributed by atoms with Gasteiger partial charge in [-0.25, -0.2) is 4.39 Å². The molecule has 16 heavy (non-hydrogen) atoms. The summed E-state index contributed by atoms with van der Waals surface area (Å²) in [5.74, 6) is 1.03. The Kier molecular flexibility index (Phi) is 5.26. The van der Waals surface area contributed by atoms with Crippen molar-refractivity contribution in [2.75, 3.05) is 20.2 Å². The van der Waals surface area contributed by atoms with E-state index in [1.54, 1.807) is 19.2 Å². The first-order chi connectivity index (χ1) is 7.67. The normalized spacial score (nSPS) is 12.5. The minimum Gasteiger partial charge on any atom is -0.496 e. The van der Waals surface area contributed by atoms with Gasteiger partial charge in [0.2, 0.25) is 0 Å². The van der Waals surface area contributed by atoms with Crippen LogP contribution in [0.25, 0.3) is 0 Å². The molecule has 0 aliphatic heterocycles. The predicted molar refractivity (Wildman–Crippen MR) is 64.4 cm³/mol. The number of hydrogen-bond acceptors (Lipinski definition) is 2. The summed E-state index contributed by atoms with van der Waals surface area (Å²) in [6.45, 7) is 6.13. The molecular formula is C13H20FNO. The van der Waals surface area contributed by atoms with Crippen LogP contribution >= 0.6 is 0 Å². The first-order valence-electron chi connectivity index (χ1n) is 5.70. The Morgan fingerprint density at radius 3 is 2.81 bits per heavy atom. The number of methoxy groups -OCH3 is 1. The SMILES string of the molecule is CCNCC(C)Cc1cc(F)ccc1OC. The highest BCUT2D eigenvalue weighted by atomic mass is 19.1. The lowest BCUT2D eigenvalue weighted by atomic mass is 10.00. The molecule has 1 unspecified atom stereocenters. The summed E-state index contributed by atoms with van der Waals surface area (Å²) in [5.41, 5.74) is 0.938. The van der Waals surface area contributed by atoms with Gasteiger partial charge in [0.05, 0.1) is 7.11 Å². The van der Waals surface area contributed by atoms with Crippen LogP contribution in [-0.4, -0.2) is 20.2 Å². The van der Waals surface area contributed by atoms with Crippen LogP contribution in [0.15, 0.2) is 18.2 Å². The molecule has 3 heteroatoms. The van der Waals surface area contributed by atoms with Gasteiger partial charge in [-0.1, -0.05) is 13.8 Å². The first-order valence-corrected chi connectivity index (χ1v) is 5.70. The number of nitrogens with one attached hydrogen (secondary N) is 1. The van der Waals surface area contributed by atoms with Gasteiger partial charge in [-0.3, -0.25) is 0 Å². The van der Waals surface area contributed by atoms with Crippen molar-refractivity contribution in [2.45, 2.75) is 20.3 Å². The molecule has 0 aliphatic rings. The van der Waals surface area contributed by atoms with Crippen molar-refractivity contribution in [1.82, 2.24) is 5.32 Å². The van der Waals surface area contributed by atoms with Gasteiger partial charge in [0.1, 0.15) is 11.6 Å². The van der Waals surface area contributed by atoms with E-state index in [9.17, 15) is 4.39 Å². The van der Waals surface area contributed by atoms with Gasteiger partial charge >= 0.3 is 0 Å². The molecule has 0 bridgehead atoms. The van der Waals surface area contributed by atoms with Gasteiger partial charge in [0, 0.05) is 0 Å². The molecule has 1 rings (SSSR count). The van der Waals surface area contributed by atoms with Crippen LogP contribution < -0.4 is 10.1 Å². The Balaban J connectivity index is 2.67. The number of halogens is 1. The van der Waals surface area contributed by atoms with Crippen molar-refractivity contribution in [1.29, 1.82) is 0 Å². The molecule has 0 amide bonds. The van der Waals surface area contributed by atoms with Gasteiger partial charge in [0.15, 0.2) is 0 Å². The second kappa shape index (κ2) is 6.48. The second-order valence-electron chi connectivity index (χ2n) is 4.07. The lowest BCUT2D eigenvalue weighted by Crippen LogP contribution is -2.22. The summed E-state index contributed by atoms with van der Waals surface area (Å²) in [5, 5.41) is 3.29. The van der Waals surface area contributed by atoms with E-state index >= 15 is 0 Å². The molecule has 0 aromatic heterocycles. The average molecular weight is 225 g/mol. The molecule has 1 aromatic rings. The van der Waals surface area contributed by atoms with Crippen LogP contribution in [0.3, 0.4) is 0 Å². The topological polar surface area (TPSA) is 21.3 Å². The molecule has 0 saturated heterocycles. The maximum atomic E-state index is 13.1. The van der Waals surface area contributed by atoms with Crippen molar-refractivity contribution in [3.63, 3.8) is 0 Å². The summed E-state index contributed by atoms with van der Waals surface area (Å²) in [6.07, 6.45) is 0.827. The van der Waals surface area contributed by atoms with Gasteiger partial charge in [-0.15, -0.1) is 0 Å². The van der Waals surface area contributed by atoms with Crippen LogP contribution in [0.2, 0.25) is 0 Å². The largest absolute Gasteiger partial charge is 0.496 e. The van der Waals surface area contributed by atoms with E-state index < -0.39 is 0 Å². The second-order valence-corrected chi connectivity index (χ2v) is 4.07. The van der Waals surface area contributed by atoms with Gasteiger partial charge in [-0.05, 0) is 49.2 Å². The maximum absolute atomic E-state index is 13.1. The van der Waals surface area contributed by atoms with Gasteiger partial charge in [-0.2, -0.15) is 0 Å². The Hall–Kier alpha value is -1.09. The molecule has 1 atom stereocenters. The third-order valence-electron chi connectivity index (χ3n) is 2.55. The van der Waals surface area contributed by atoms with E-state index in [2.05, 4.69) is 19.2 Å². The van der Waals surface area contributed by atoms with Crippen LogP contribution in [0.5, 0.6) is 5.75 Å². The zero-order valence-corrected chi connectivity index (χ0v) is 10.2. The first kappa shape index (κ1) is 13.0. The number of ether oxygens (including phenoxy) is 1. The Morgan fingerprint density at radius 1 is 1.44 bits per heavy atom.